The molecule has 1 unspecified atom stereocenters. The summed E-state index contributed by atoms with van der Waals surface area (Å²) in [7, 11) is 0. The molecule has 1 aliphatic carbocycles. The molecule has 14 heavy (non-hydrogen) atoms. The van der Waals surface area contributed by atoms with Gasteiger partial charge >= 0.3 is 0 Å². The summed E-state index contributed by atoms with van der Waals surface area (Å²) in [4.78, 5) is 4.37. The lowest BCUT2D eigenvalue weighted by molar-refractivity contribution is 0.369. The van der Waals surface area contributed by atoms with E-state index in [1.807, 2.05) is 0 Å². The quantitative estimate of drug-likeness (QED) is 0.790. The summed E-state index contributed by atoms with van der Waals surface area (Å²) in [6, 6.07) is 0. The predicted octanol–water partition coefficient (Wildman–Crippen LogP) is 1.47. The van der Waals surface area contributed by atoms with Crippen LogP contribution in [0.4, 0.5) is 0 Å². The molecule has 0 bridgehead atoms. The Kier molecular flexibility index (Phi) is 2.31. The van der Waals surface area contributed by atoms with Gasteiger partial charge in [0.25, 0.3) is 0 Å². The molecular weight excluding hydrogens is 178 g/mol. The summed E-state index contributed by atoms with van der Waals surface area (Å²) in [5.41, 5.74) is 5.78. The molecule has 2 N–H and O–H groups in total. The first-order chi connectivity index (χ1) is 6.63. The first-order valence-electron chi connectivity index (χ1n) is 5.16. The van der Waals surface area contributed by atoms with E-state index in [0.717, 1.165) is 24.6 Å². The van der Waals surface area contributed by atoms with E-state index < -0.39 is 0 Å². The van der Waals surface area contributed by atoms with Gasteiger partial charge in [0, 0.05) is 12.3 Å². The second-order valence-corrected chi connectivity index (χ2v) is 4.68. The predicted molar refractivity (Wildman–Crippen MR) is 52.8 cm³/mol. The van der Waals surface area contributed by atoms with Crippen LogP contribution in [0.3, 0.4) is 0 Å². The van der Waals surface area contributed by atoms with E-state index in [4.69, 9.17) is 10.3 Å². The van der Waals surface area contributed by atoms with Gasteiger partial charge in [-0.05, 0) is 24.8 Å². The monoisotopic (exact) mass is 195 g/mol. The van der Waals surface area contributed by atoms with E-state index >= 15 is 0 Å². The first kappa shape index (κ1) is 9.65. The molecule has 1 saturated carbocycles. The fourth-order valence-corrected chi connectivity index (χ4v) is 1.67. The summed E-state index contributed by atoms with van der Waals surface area (Å²) in [5, 5.41) is 4.00. The molecule has 1 aliphatic rings. The molecule has 2 rings (SSSR count). The van der Waals surface area contributed by atoms with Crippen molar-refractivity contribution in [2.45, 2.75) is 39.0 Å². The van der Waals surface area contributed by atoms with Gasteiger partial charge in [-0.1, -0.05) is 19.0 Å². The zero-order chi connectivity index (χ0) is 10.2. The van der Waals surface area contributed by atoms with E-state index in [1.54, 1.807) is 0 Å². The molecule has 78 valence electrons. The smallest absolute Gasteiger partial charge is 0.226 e. The largest absolute Gasteiger partial charge is 0.339 e. The summed E-state index contributed by atoms with van der Waals surface area (Å²) in [5.74, 6) is 2.10. The van der Waals surface area contributed by atoms with Crippen LogP contribution in [-0.4, -0.2) is 16.7 Å². The standard InChI is InChI=1S/C10H17N3O/c1-10(2)6-7(10)9-12-8(14-13-9)4-3-5-11/h7H,3-6,11H2,1-2H3. The first-order valence-corrected chi connectivity index (χ1v) is 5.16. The lowest BCUT2D eigenvalue weighted by Gasteiger charge is -1.95. The highest BCUT2D eigenvalue weighted by Crippen LogP contribution is 2.57. The minimum absolute atomic E-state index is 0.370. The van der Waals surface area contributed by atoms with E-state index in [2.05, 4.69) is 24.0 Å². The second kappa shape index (κ2) is 3.35. The average Bonchev–Trinajstić information content (AvgIpc) is 2.63. The third-order valence-electron chi connectivity index (χ3n) is 2.90. The Hall–Kier alpha value is -0.900. The van der Waals surface area contributed by atoms with Crippen LogP contribution in [0.15, 0.2) is 4.52 Å². The van der Waals surface area contributed by atoms with Crippen LogP contribution in [0.1, 0.15) is 44.3 Å². The molecule has 0 amide bonds. The summed E-state index contributed by atoms with van der Waals surface area (Å²) >= 11 is 0. The third kappa shape index (κ3) is 1.80. The van der Waals surface area contributed by atoms with Crippen molar-refractivity contribution in [2.24, 2.45) is 11.1 Å². The van der Waals surface area contributed by atoms with Crippen LogP contribution in [0.25, 0.3) is 0 Å². The van der Waals surface area contributed by atoms with Crippen molar-refractivity contribution in [3.05, 3.63) is 11.7 Å². The lowest BCUT2D eigenvalue weighted by atomic mass is 10.1. The highest BCUT2D eigenvalue weighted by atomic mass is 16.5. The molecule has 0 spiro atoms. The van der Waals surface area contributed by atoms with Gasteiger partial charge in [0.05, 0.1) is 0 Å². The third-order valence-corrected chi connectivity index (χ3v) is 2.90. The summed E-state index contributed by atoms with van der Waals surface area (Å²) in [6.07, 6.45) is 2.88. The Labute approximate surface area is 83.9 Å². The van der Waals surface area contributed by atoms with Gasteiger partial charge in [-0.2, -0.15) is 4.98 Å². The topological polar surface area (TPSA) is 64.9 Å². The molecule has 0 aliphatic heterocycles. The molecule has 1 atom stereocenters. The Morgan fingerprint density at radius 2 is 2.29 bits per heavy atom. The van der Waals surface area contributed by atoms with E-state index in [1.165, 1.54) is 6.42 Å². The molecule has 4 heteroatoms. The van der Waals surface area contributed by atoms with Crippen LogP contribution >= 0.6 is 0 Å². The number of nitrogens with two attached hydrogens (primary N) is 1. The zero-order valence-electron chi connectivity index (χ0n) is 8.79. The average molecular weight is 195 g/mol. The van der Waals surface area contributed by atoms with Crippen molar-refractivity contribution in [2.75, 3.05) is 6.54 Å². The van der Waals surface area contributed by atoms with Crippen molar-refractivity contribution in [3.63, 3.8) is 0 Å². The maximum atomic E-state index is 5.41. The second-order valence-electron chi connectivity index (χ2n) is 4.68. The SMILES string of the molecule is CC1(C)CC1c1noc(CCCN)n1. The van der Waals surface area contributed by atoms with Gasteiger partial charge in [0.15, 0.2) is 5.82 Å². The van der Waals surface area contributed by atoms with Crippen LogP contribution in [0.5, 0.6) is 0 Å². The Bertz CT molecular complexity index is 319. The Morgan fingerprint density at radius 3 is 2.86 bits per heavy atom. The molecule has 0 aromatic carbocycles. The molecule has 0 saturated heterocycles. The number of hydrogen-bond donors (Lipinski definition) is 1. The van der Waals surface area contributed by atoms with Crippen molar-refractivity contribution >= 4 is 0 Å². The molecular formula is C10H17N3O. The molecule has 1 heterocycles. The summed E-state index contributed by atoms with van der Waals surface area (Å²) in [6.45, 7) is 5.13. The highest BCUT2D eigenvalue weighted by Gasteiger charge is 2.49. The minimum atomic E-state index is 0.370. The number of aromatic nitrogens is 2. The van der Waals surface area contributed by atoms with Gasteiger partial charge < -0.3 is 10.3 Å². The van der Waals surface area contributed by atoms with Crippen LogP contribution in [-0.2, 0) is 6.42 Å². The van der Waals surface area contributed by atoms with Crippen molar-refractivity contribution < 1.29 is 4.52 Å². The van der Waals surface area contributed by atoms with E-state index in [9.17, 15) is 0 Å². The van der Waals surface area contributed by atoms with Crippen molar-refractivity contribution in [1.29, 1.82) is 0 Å². The van der Waals surface area contributed by atoms with Gasteiger partial charge in [-0.25, -0.2) is 0 Å². The number of hydrogen-bond acceptors (Lipinski definition) is 4. The molecule has 1 aromatic heterocycles. The maximum Gasteiger partial charge on any atom is 0.226 e. The van der Waals surface area contributed by atoms with E-state index in [-0.39, 0.29) is 0 Å². The number of aryl methyl sites for hydroxylation is 1. The fraction of sp³-hybridized carbons (Fsp3) is 0.800. The minimum Gasteiger partial charge on any atom is -0.339 e. The fourth-order valence-electron chi connectivity index (χ4n) is 1.67. The molecule has 0 radical (unpaired) electrons. The number of nitrogens with zero attached hydrogens (tertiary/aromatic N) is 2. The lowest BCUT2D eigenvalue weighted by Crippen LogP contribution is -2.00. The van der Waals surface area contributed by atoms with Crippen molar-refractivity contribution in [1.82, 2.24) is 10.1 Å². The molecule has 1 fully saturated rings. The molecule has 1 aromatic rings. The van der Waals surface area contributed by atoms with Gasteiger partial charge in [-0.3, -0.25) is 0 Å². The summed E-state index contributed by atoms with van der Waals surface area (Å²) < 4.78 is 5.14. The normalized spacial score (nSPS) is 23.8. The van der Waals surface area contributed by atoms with Gasteiger partial charge in [0.2, 0.25) is 5.89 Å². The highest BCUT2D eigenvalue weighted by molar-refractivity contribution is 5.14. The van der Waals surface area contributed by atoms with Crippen molar-refractivity contribution in [3.8, 4) is 0 Å². The molecule has 4 nitrogen and oxygen atoms in total. The van der Waals surface area contributed by atoms with Crippen LogP contribution < -0.4 is 5.73 Å². The Morgan fingerprint density at radius 1 is 1.57 bits per heavy atom. The van der Waals surface area contributed by atoms with Crippen LogP contribution in [0.2, 0.25) is 0 Å². The zero-order valence-corrected chi connectivity index (χ0v) is 8.79. The van der Waals surface area contributed by atoms with Gasteiger partial charge in [0.1, 0.15) is 0 Å². The van der Waals surface area contributed by atoms with Gasteiger partial charge in [-0.15, -0.1) is 0 Å². The Balaban J connectivity index is 1.97. The number of rotatable bonds is 4. The van der Waals surface area contributed by atoms with Crippen LogP contribution in [0, 0.1) is 5.41 Å². The maximum absolute atomic E-state index is 5.41. The van der Waals surface area contributed by atoms with E-state index in [0.29, 0.717) is 17.9 Å².